The molecule has 2 N–H and O–H groups in total. The van der Waals surface area contributed by atoms with Gasteiger partial charge < -0.3 is 5.73 Å². The Bertz CT molecular complexity index is 154. The van der Waals surface area contributed by atoms with Crippen molar-refractivity contribution in [2.75, 3.05) is 6.54 Å². The highest BCUT2D eigenvalue weighted by Crippen LogP contribution is 2.13. The van der Waals surface area contributed by atoms with Crippen molar-refractivity contribution in [3.63, 3.8) is 0 Å². The molecule has 1 atom stereocenters. The topological polar surface area (TPSA) is 43.1 Å². The molecule has 0 saturated heterocycles. The Balaban J connectivity index is 3.52. The van der Waals surface area contributed by atoms with Gasteiger partial charge in [-0.3, -0.25) is 4.79 Å². The minimum Gasteiger partial charge on any atom is -0.330 e. The van der Waals surface area contributed by atoms with E-state index in [9.17, 15) is 4.79 Å². The minimum absolute atomic E-state index is 0.214. The fourth-order valence-electron chi connectivity index (χ4n) is 1.52. The van der Waals surface area contributed by atoms with Crippen LogP contribution in [-0.4, -0.2) is 12.3 Å². The van der Waals surface area contributed by atoms with E-state index in [1.165, 1.54) is 0 Å². The molecule has 0 heterocycles. The molecule has 0 aromatic carbocycles. The number of rotatable bonds is 8. The number of carbonyl (C=O) groups excluding carboxylic acids is 1. The molecule has 0 fully saturated rings. The van der Waals surface area contributed by atoms with Gasteiger partial charge in [-0.2, -0.15) is 0 Å². The smallest absolute Gasteiger partial charge is 0.135 e. The molecule has 0 saturated carbocycles. The quantitative estimate of drug-likeness (QED) is 0.653. The molecule has 84 valence electrons. The zero-order valence-corrected chi connectivity index (χ0v) is 9.88. The highest BCUT2D eigenvalue weighted by atomic mass is 16.1. The van der Waals surface area contributed by atoms with Crippen LogP contribution in [0.5, 0.6) is 0 Å². The standard InChI is InChI=1S/C12H25NO/c1-10(2)6-4-8-12(14)11(3)7-5-9-13/h10-11H,4-9,13H2,1-3H3. The fourth-order valence-corrected chi connectivity index (χ4v) is 1.52. The van der Waals surface area contributed by atoms with Crippen LogP contribution >= 0.6 is 0 Å². The van der Waals surface area contributed by atoms with E-state index in [4.69, 9.17) is 5.73 Å². The van der Waals surface area contributed by atoms with Crippen LogP contribution in [-0.2, 0) is 4.79 Å². The second kappa shape index (κ2) is 7.98. The van der Waals surface area contributed by atoms with Gasteiger partial charge in [0, 0.05) is 12.3 Å². The fraction of sp³-hybridized carbons (Fsp3) is 0.917. The maximum absolute atomic E-state index is 11.6. The molecule has 2 nitrogen and oxygen atoms in total. The van der Waals surface area contributed by atoms with Gasteiger partial charge in [-0.25, -0.2) is 0 Å². The lowest BCUT2D eigenvalue weighted by atomic mass is 9.95. The van der Waals surface area contributed by atoms with Crippen molar-refractivity contribution in [2.24, 2.45) is 17.6 Å². The lowest BCUT2D eigenvalue weighted by Gasteiger charge is -2.10. The number of hydrogen-bond donors (Lipinski definition) is 1. The van der Waals surface area contributed by atoms with Gasteiger partial charge in [0.15, 0.2) is 0 Å². The van der Waals surface area contributed by atoms with Crippen molar-refractivity contribution in [3.05, 3.63) is 0 Å². The number of Topliss-reactive ketones (excluding diaryl/α,β-unsaturated/α-hetero) is 1. The van der Waals surface area contributed by atoms with E-state index in [2.05, 4.69) is 13.8 Å². The van der Waals surface area contributed by atoms with Gasteiger partial charge in [0.2, 0.25) is 0 Å². The Morgan fingerprint density at radius 1 is 1.14 bits per heavy atom. The Hall–Kier alpha value is -0.370. The Kier molecular flexibility index (Phi) is 7.77. The van der Waals surface area contributed by atoms with E-state index in [-0.39, 0.29) is 5.92 Å². The van der Waals surface area contributed by atoms with Crippen molar-refractivity contribution in [1.29, 1.82) is 0 Å². The summed E-state index contributed by atoms with van der Waals surface area (Å²) in [5.74, 6) is 1.34. The average molecular weight is 199 g/mol. The van der Waals surface area contributed by atoms with Crippen LogP contribution in [0.25, 0.3) is 0 Å². The SMILES string of the molecule is CC(C)CCCC(=O)C(C)CCCN. The van der Waals surface area contributed by atoms with Crippen LogP contribution in [0, 0.1) is 11.8 Å². The summed E-state index contributed by atoms with van der Waals surface area (Å²) in [6.45, 7) is 7.11. The molecular weight excluding hydrogens is 174 g/mol. The third-order valence-corrected chi connectivity index (χ3v) is 2.60. The first-order valence-corrected chi connectivity index (χ1v) is 5.80. The third kappa shape index (κ3) is 7.07. The largest absolute Gasteiger partial charge is 0.330 e. The molecule has 0 aliphatic heterocycles. The number of carbonyl (C=O) groups is 1. The van der Waals surface area contributed by atoms with Crippen molar-refractivity contribution in [1.82, 2.24) is 0 Å². The van der Waals surface area contributed by atoms with Gasteiger partial charge in [-0.1, -0.05) is 27.2 Å². The first-order chi connectivity index (χ1) is 6.57. The molecule has 0 aliphatic carbocycles. The molecular formula is C12H25NO. The van der Waals surface area contributed by atoms with Crippen molar-refractivity contribution in [3.8, 4) is 0 Å². The van der Waals surface area contributed by atoms with Gasteiger partial charge in [0.1, 0.15) is 5.78 Å². The lowest BCUT2D eigenvalue weighted by Crippen LogP contribution is -2.12. The van der Waals surface area contributed by atoms with Crippen molar-refractivity contribution in [2.45, 2.75) is 52.9 Å². The maximum atomic E-state index is 11.6. The molecule has 0 spiro atoms. The molecule has 0 aromatic heterocycles. The van der Waals surface area contributed by atoms with Gasteiger partial charge >= 0.3 is 0 Å². The average Bonchev–Trinajstić information content (AvgIpc) is 2.13. The summed E-state index contributed by atoms with van der Waals surface area (Å²) in [5.41, 5.74) is 5.41. The van der Waals surface area contributed by atoms with Crippen LogP contribution in [0.4, 0.5) is 0 Å². The highest BCUT2D eigenvalue weighted by Gasteiger charge is 2.11. The molecule has 0 radical (unpaired) electrons. The van der Waals surface area contributed by atoms with Gasteiger partial charge in [-0.15, -0.1) is 0 Å². The Morgan fingerprint density at radius 2 is 1.79 bits per heavy atom. The molecule has 0 bridgehead atoms. The first-order valence-electron chi connectivity index (χ1n) is 5.80. The monoisotopic (exact) mass is 199 g/mol. The van der Waals surface area contributed by atoms with Crippen molar-refractivity contribution >= 4 is 5.78 Å². The highest BCUT2D eigenvalue weighted by molar-refractivity contribution is 5.80. The summed E-state index contributed by atoms with van der Waals surface area (Å²) in [6, 6.07) is 0. The predicted molar refractivity (Wildman–Crippen MR) is 61.1 cm³/mol. The van der Waals surface area contributed by atoms with Crippen LogP contribution in [0.1, 0.15) is 52.9 Å². The van der Waals surface area contributed by atoms with E-state index in [1.54, 1.807) is 0 Å². The Morgan fingerprint density at radius 3 is 2.29 bits per heavy atom. The predicted octanol–water partition coefficient (Wildman–Crippen LogP) is 2.76. The minimum atomic E-state index is 0.214. The lowest BCUT2D eigenvalue weighted by molar-refractivity contribution is -0.122. The van der Waals surface area contributed by atoms with Gasteiger partial charge in [0.25, 0.3) is 0 Å². The van der Waals surface area contributed by atoms with E-state index in [0.29, 0.717) is 18.2 Å². The number of ketones is 1. The van der Waals surface area contributed by atoms with Crippen LogP contribution in [0.3, 0.4) is 0 Å². The zero-order valence-electron chi connectivity index (χ0n) is 9.88. The Labute approximate surface area is 88.3 Å². The van der Waals surface area contributed by atoms with E-state index >= 15 is 0 Å². The van der Waals surface area contributed by atoms with E-state index < -0.39 is 0 Å². The molecule has 1 unspecified atom stereocenters. The second-order valence-electron chi connectivity index (χ2n) is 4.58. The molecule has 14 heavy (non-hydrogen) atoms. The summed E-state index contributed by atoms with van der Waals surface area (Å²) in [4.78, 5) is 11.6. The molecule has 0 aromatic rings. The zero-order chi connectivity index (χ0) is 11.0. The maximum Gasteiger partial charge on any atom is 0.135 e. The summed E-state index contributed by atoms with van der Waals surface area (Å²) >= 11 is 0. The molecule has 0 aliphatic rings. The normalized spacial score (nSPS) is 13.2. The summed E-state index contributed by atoms with van der Waals surface area (Å²) in [6.07, 6.45) is 4.89. The van der Waals surface area contributed by atoms with E-state index in [1.807, 2.05) is 6.92 Å². The van der Waals surface area contributed by atoms with Gasteiger partial charge in [-0.05, 0) is 31.7 Å². The van der Waals surface area contributed by atoms with Gasteiger partial charge in [0.05, 0.1) is 0 Å². The van der Waals surface area contributed by atoms with Crippen molar-refractivity contribution < 1.29 is 4.79 Å². The van der Waals surface area contributed by atoms with E-state index in [0.717, 1.165) is 32.1 Å². The molecule has 0 rings (SSSR count). The molecule has 0 amide bonds. The summed E-state index contributed by atoms with van der Waals surface area (Å²) in [7, 11) is 0. The molecule has 2 heteroatoms. The van der Waals surface area contributed by atoms with Crippen LogP contribution in [0.2, 0.25) is 0 Å². The van der Waals surface area contributed by atoms with Crippen LogP contribution < -0.4 is 5.73 Å². The number of nitrogens with two attached hydrogens (primary N) is 1. The first kappa shape index (κ1) is 13.6. The summed E-state index contributed by atoms with van der Waals surface area (Å²) in [5, 5.41) is 0. The summed E-state index contributed by atoms with van der Waals surface area (Å²) < 4.78 is 0. The van der Waals surface area contributed by atoms with Crippen LogP contribution in [0.15, 0.2) is 0 Å². The second-order valence-corrected chi connectivity index (χ2v) is 4.58. The third-order valence-electron chi connectivity index (χ3n) is 2.60. The number of hydrogen-bond acceptors (Lipinski definition) is 2.